The van der Waals surface area contributed by atoms with Gasteiger partial charge in [0, 0.05) is 28.0 Å². The molecule has 0 aliphatic heterocycles. The van der Waals surface area contributed by atoms with Gasteiger partial charge in [0.05, 0.1) is 4.90 Å². The maximum atomic E-state index is 11.6. The first-order valence-electron chi connectivity index (χ1n) is 6.51. The molecule has 3 nitrogen and oxygen atoms in total. The van der Waals surface area contributed by atoms with Crippen molar-refractivity contribution in [1.82, 2.24) is 0 Å². The third-order valence-corrected chi connectivity index (χ3v) is 5.13. The molecule has 5 heteroatoms. The van der Waals surface area contributed by atoms with Gasteiger partial charge in [-0.25, -0.2) is 8.42 Å². The molecular weight excluding hydrogens is 304 g/mol. The fraction of sp³-hybridized carbons (Fsp3) is 0.188. The molecule has 0 bridgehead atoms. The quantitative estimate of drug-likeness (QED) is 0.786. The van der Waals surface area contributed by atoms with E-state index < -0.39 is 9.84 Å². The van der Waals surface area contributed by atoms with Crippen LogP contribution in [0.15, 0.2) is 63.2 Å². The molecule has 0 heterocycles. The second kappa shape index (κ2) is 6.45. The summed E-state index contributed by atoms with van der Waals surface area (Å²) in [7, 11) is -3.16. The molecule has 0 N–H and O–H groups in total. The molecule has 21 heavy (non-hydrogen) atoms. The molecule has 0 atom stereocenters. The van der Waals surface area contributed by atoms with Gasteiger partial charge < -0.3 is 0 Å². The van der Waals surface area contributed by atoms with Gasteiger partial charge in [-0.2, -0.15) is 0 Å². The molecule has 0 spiro atoms. The molecule has 2 rings (SSSR count). The van der Waals surface area contributed by atoms with Crippen molar-refractivity contribution in [2.45, 2.75) is 28.0 Å². The third kappa shape index (κ3) is 4.19. The van der Waals surface area contributed by atoms with E-state index in [9.17, 15) is 13.2 Å². The summed E-state index contributed by atoms with van der Waals surface area (Å²) >= 11 is 1.53. The Bertz CT molecular complexity index is 730. The number of hydrogen-bond acceptors (Lipinski definition) is 4. The van der Waals surface area contributed by atoms with Crippen LogP contribution >= 0.6 is 11.8 Å². The standard InChI is InChI=1S/C16H16O3S2/c1-3-16(17)12-4-6-13(7-5-12)20-14-8-10-15(11-9-14)21(2,18)19/h4-11H,3H2,1-2H3. The summed E-state index contributed by atoms with van der Waals surface area (Å²) < 4.78 is 22.8. The van der Waals surface area contributed by atoms with Crippen molar-refractivity contribution >= 4 is 27.4 Å². The molecule has 2 aromatic carbocycles. The number of Topliss-reactive ketones (excluding diaryl/α,β-unsaturated/α-hetero) is 1. The predicted octanol–water partition coefficient (Wildman–Crippen LogP) is 3.83. The van der Waals surface area contributed by atoms with Crippen LogP contribution in [-0.4, -0.2) is 20.5 Å². The number of carbonyl (C=O) groups excluding carboxylic acids is 1. The van der Waals surface area contributed by atoms with E-state index in [0.29, 0.717) is 16.9 Å². The Morgan fingerprint density at radius 1 is 0.952 bits per heavy atom. The lowest BCUT2D eigenvalue weighted by Gasteiger charge is -2.04. The first-order chi connectivity index (χ1) is 9.90. The normalized spacial score (nSPS) is 11.3. The van der Waals surface area contributed by atoms with Crippen molar-refractivity contribution in [3.05, 3.63) is 54.1 Å². The SMILES string of the molecule is CCC(=O)c1ccc(Sc2ccc(S(C)(=O)=O)cc2)cc1. The average molecular weight is 320 g/mol. The van der Waals surface area contributed by atoms with Crippen LogP contribution in [0.3, 0.4) is 0 Å². The van der Waals surface area contributed by atoms with E-state index in [1.807, 2.05) is 31.2 Å². The number of hydrogen-bond donors (Lipinski definition) is 0. The Labute approximate surface area is 129 Å². The molecule has 0 aliphatic rings. The molecule has 0 saturated carbocycles. The molecule has 0 radical (unpaired) electrons. The van der Waals surface area contributed by atoms with Gasteiger partial charge in [-0.3, -0.25) is 4.79 Å². The van der Waals surface area contributed by atoms with Crippen molar-refractivity contribution in [2.75, 3.05) is 6.26 Å². The highest BCUT2D eigenvalue weighted by Crippen LogP contribution is 2.28. The van der Waals surface area contributed by atoms with E-state index in [0.717, 1.165) is 9.79 Å². The van der Waals surface area contributed by atoms with Crippen LogP contribution in [0.4, 0.5) is 0 Å². The largest absolute Gasteiger partial charge is 0.294 e. The van der Waals surface area contributed by atoms with Crippen molar-refractivity contribution in [1.29, 1.82) is 0 Å². The number of carbonyl (C=O) groups is 1. The second-order valence-corrected chi connectivity index (χ2v) is 7.81. The number of rotatable bonds is 5. The van der Waals surface area contributed by atoms with Crippen LogP contribution in [0, 0.1) is 0 Å². The minimum Gasteiger partial charge on any atom is -0.294 e. The summed E-state index contributed by atoms with van der Waals surface area (Å²) in [5.74, 6) is 0.129. The highest BCUT2D eigenvalue weighted by Gasteiger charge is 2.07. The smallest absolute Gasteiger partial charge is 0.175 e. The van der Waals surface area contributed by atoms with Crippen LogP contribution in [0.25, 0.3) is 0 Å². The van der Waals surface area contributed by atoms with E-state index in [-0.39, 0.29) is 5.78 Å². The zero-order valence-electron chi connectivity index (χ0n) is 11.9. The number of sulfone groups is 1. The topological polar surface area (TPSA) is 51.2 Å². The third-order valence-electron chi connectivity index (χ3n) is 2.98. The molecule has 0 unspecified atom stereocenters. The van der Waals surface area contributed by atoms with Crippen molar-refractivity contribution in [3.63, 3.8) is 0 Å². The van der Waals surface area contributed by atoms with Gasteiger partial charge in [0.25, 0.3) is 0 Å². The second-order valence-electron chi connectivity index (χ2n) is 4.65. The number of ketones is 1. The maximum absolute atomic E-state index is 11.6. The van der Waals surface area contributed by atoms with Gasteiger partial charge in [0.2, 0.25) is 0 Å². The average Bonchev–Trinajstić information content (AvgIpc) is 2.47. The fourth-order valence-corrected chi connectivity index (χ4v) is 3.25. The zero-order chi connectivity index (χ0) is 15.5. The summed E-state index contributed by atoms with van der Waals surface area (Å²) in [6, 6.07) is 14.2. The van der Waals surface area contributed by atoms with Crippen LogP contribution in [-0.2, 0) is 9.84 Å². The lowest BCUT2D eigenvalue weighted by Crippen LogP contribution is -1.96. The van der Waals surface area contributed by atoms with E-state index in [4.69, 9.17) is 0 Å². The Balaban J connectivity index is 2.13. The molecule has 0 aliphatic carbocycles. The predicted molar refractivity (Wildman–Crippen MR) is 84.7 cm³/mol. The fourth-order valence-electron chi connectivity index (χ4n) is 1.80. The van der Waals surface area contributed by atoms with E-state index in [2.05, 4.69) is 0 Å². The molecule has 2 aromatic rings. The summed E-state index contributed by atoms with van der Waals surface area (Å²) in [4.78, 5) is 13.8. The van der Waals surface area contributed by atoms with Crippen LogP contribution < -0.4 is 0 Å². The monoisotopic (exact) mass is 320 g/mol. The minimum absolute atomic E-state index is 0.129. The first kappa shape index (κ1) is 15.8. The maximum Gasteiger partial charge on any atom is 0.175 e. The van der Waals surface area contributed by atoms with E-state index in [1.165, 1.54) is 18.0 Å². The van der Waals surface area contributed by atoms with Crippen LogP contribution in [0.1, 0.15) is 23.7 Å². The summed E-state index contributed by atoms with van der Waals surface area (Å²) in [5, 5.41) is 0. The molecular formula is C16H16O3S2. The van der Waals surface area contributed by atoms with Gasteiger partial charge in [-0.05, 0) is 36.4 Å². The van der Waals surface area contributed by atoms with Gasteiger partial charge in [0.15, 0.2) is 15.6 Å². The summed E-state index contributed by atoms with van der Waals surface area (Å²) in [6.45, 7) is 1.84. The van der Waals surface area contributed by atoms with Gasteiger partial charge in [-0.1, -0.05) is 30.8 Å². The zero-order valence-corrected chi connectivity index (χ0v) is 13.5. The van der Waals surface area contributed by atoms with Crippen LogP contribution in [0.5, 0.6) is 0 Å². The van der Waals surface area contributed by atoms with Crippen molar-refractivity contribution < 1.29 is 13.2 Å². The Morgan fingerprint density at radius 2 is 1.43 bits per heavy atom. The minimum atomic E-state index is -3.16. The Morgan fingerprint density at radius 3 is 1.86 bits per heavy atom. The molecule has 0 saturated heterocycles. The molecule has 0 fully saturated rings. The van der Waals surface area contributed by atoms with Crippen molar-refractivity contribution in [3.8, 4) is 0 Å². The van der Waals surface area contributed by atoms with Crippen molar-refractivity contribution in [2.24, 2.45) is 0 Å². The van der Waals surface area contributed by atoms with E-state index in [1.54, 1.807) is 24.3 Å². The lowest BCUT2D eigenvalue weighted by atomic mass is 10.1. The summed E-state index contributed by atoms with van der Waals surface area (Å²) in [6.07, 6.45) is 1.69. The van der Waals surface area contributed by atoms with E-state index >= 15 is 0 Å². The number of benzene rings is 2. The summed E-state index contributed by atoms with van der Waals surface area (Å²) in [5.41, 5.74) is 0.717. The lowest BCUT2D eigenvalue weighted by molar-refractivity contribution is 0.0988. The van der Waals surface area contributed by atoms with Gasteiger partial charge >= 0.3 is 0 Å². The Kier molecular flexibility index (Phi) is 4.85. The Hall–Kier alpha value is -1.59. The van der Waals surface area contributed by atoms with Crippen LogP contribution in [0.2, 0.25) is 0 Å². The molecule has 0 aromatic heterocycles. The van der Waals surface area contributed by atoms with Gasteiger partial charge in [-0.15, -0.1) is 0 Å². The van der Waals surface area contributed by atoms with Gasteiger partial charge in [0.1, 0.15) is 0 Å². The highest BCUT2D eigenvalue weighted by atomic mass is 32.2. The molecule has 0 amide bonds. The highest BCUT2D eigenvalue weighted by molar-refractivity contribution is 7.99. The molecule has 110 valence electrons. The first-order valence-corrected chi connectivity index (χ1v) is 9.22.